The lowest BCUT2D eigenvalue weighted by atomic mass is 9.83. The van der Waals surface area contributed by atoms with E-state index in [4.69, 9.17) is 4.99 Å². The van der Waals surface area contributed by atoms with Crippen molar-refractivity contribution in [2.24, 2.45) is 10.9 Å². The molecule has 7 rings (SSSR count). The molecule has 1 nitrogen and oxygen atoms in total. The Morgan fingerprint density at radius 1 is 0.610 bits per heavy atom. The summed E-state index contributed by atoms with van der Waals surface area (Å²) in [5.74, 6) is 0.367. The molecule has 1 heterocycles. The molecule has 2 unspecified atom stereocenters. The van der Waals surface area contributed by atoms with Crippen molar-refractivity contribution < 1.29 is 0 Å². The summed E-state index contributed by atoms with van der Waals surface area (Å²) in [4.78, 5) is 4.81. The highest BCUT2D eigenvalue weighted by molar-refractivity contribution is 6.22. The van der Waals surface area contributed by atoms with Crippen molar-refractivity contribution >= 4 is 44.1 Å². The fourth-order valence-corrected chi connectivity index (χ4v) is 6.43. The predicted octanol–water partition coefficient (Wildman–Crippen LogP) is 11.0. The van der Waals surface area contributed by atoms with Crippen molar-refractivity contribution in [1.29, 1.82) is 0 Å². The first kappa shape index (κ1) is 25.2. The van der Waals surface area contributed by atoms with Crippen molar-refractivity contribution in [2.75, 3.05) is 0 Å². The van der Waals surface area contributed by atoms with Crippen molar-refractivity contribution in [1.82, 2.24) is 0 Å². The molecule has 1 aliphatic carbocycles. The van der Waals surface area contributed by atoms with Crippen LogP contribution in [-0.2, 0) is 0 Å². The first-order valence-corrected chi connectivity index (χ1v) is 14.7. The molecule has 41 heavy (non-hydrogen) atoms. The molecule has 0 spiro atoms. The van der Waals surface area contributed by atoms with E-state index in [2.05, 4.69) is 140 Å². The SMILES string of the molecule is CC1C=C/C(c2c3ccccc3c(-c3cccc4c(C5CC=CC=N5)cccc34)c3ccccc23)=C\C/C=C\C=C/1. The van der Waals surface area contributed by atoms with Crippen LogP contribution >= 0.6 is 0 Å². The lowest BCUT2D eigenvalue weighted by Gasteiger charge is -2.21. The highest BCUT2D eigenvalue weighted by atomic mass is 14.8. The molecule has 198 valence electrons. The highest BCUT2D eigenvalue weighted by Crippen LogP contribution is 2.45. The average molecular weight is 528 g/mol. The van der Waals surface area contributed by atoms with Gasteiger partial charge < -0.3 is 0 Å². The van der Waals surface area contributed by atoms with E-state index < -0.39 is 0 Å². The maximum absolute atomic E-state index is 4.81. The van der Waals surface area contributed by atoms with Crippen LogP contribution in [0.15, 0.2) is 145 Å². The first-order chi connectivity index (χ1) is 20.3. The van der Waals surface area contributed by atoms with Crippen LogP contribution in [0.3, 0.4) is 0 Å². The third-order valence-corrected chi connectivity index (χ3v) is 8.37. The molecule has 0 saturated heterocycles. The van der Waals surface area contributed by atoms with Crippen LogP contribution in [0.1, 0.15) is 36.9 Å². The molecule has 0 amide bonds. The van der Waals surface area contributed by atoms with Gasteiger partial charge in [0.25, 0.3) is 0 Å². The zero-order valence-corrected chi connectivity index (χ0v) is 23.4. The summed E-state index contributed by atoms with van der Waals surface area (Å²) in [7, 11) is 0. The number of rotatable bonds is 3. The molecule has 1 aliphatic heterocycles. The fourth-order valence-electron chi connectivity index (χ4n) is 6.43. The van der Waals surface area contributed by atoms with Gasteiger partial charge in [0.1, 0.15) is 0 Å². The molecular formula is C40H33N. The molecule has 2 atom stereocenters. The summed E-state index contributed by atoms with van der Waals surface area (Å²) < 4.78 is 0. The molecule has 2 aliphatic rings. The summed E-state index contributed by atoms with van der Waals surface area (Å²) in [6.07, 6.45) is 23.8. The Hall–Kier alpha value is -4.75. The van der Waals surface area contributed by atoms with Crippen LogP contribution in [0.2, 0.25) is 0 Å². The lowest BCUT2D eigenvalue weighted by Crippen LogP contribution is -1.99. The average Bonchev–Trinajstić information content (AvgIpc) is 3.03. The standard InChI is InChI=1S/C40H33N/c1-28-14-4-2-3-5-15-29(26-25-28)39-34-16-6-8-18-36(34)40(37-19-9-7-17-35(37)39)33-23-13-20-30-31(33)21-12-22-32(30)38-24-10-11-27-41-38/h2-4,6-23,25-28,38H,5,24H2,1H3/b3-2-,14-4-,26-25?,29-15+. The Kier molecular flexibility index (Phi) is 6.78. The third-order valence-electron chi connectivity index (χ3n) is 8.37. The molecule has 0 aromatic heterocycles. The second kappa shape index (κ2) is 11.0. The molecule has 0 radical (unpaired) electrons. The maximum atomic E-state index is 4.81. The molecule has 1 heteroatoms. The largest absolute Gasteiger partial charge is 0.285 e. The van der Waals surface area contributed by atoms with E-state index >= 15 is 0 Å². The Labute approximate surface area is 242 Å². The molecule has 0 saturated carbocycles. The topological polar surface area (TPSA) is 12.4 Å². The van der Waals surface area contributed by atoms with Gasteiger partial charge in [-0.25, -0.2) is 0 Å². The Morgan fingerprint density at radius 2 is 1.29 bits per heavy atom. The minimum atomic E-state index is 0.160. The molecule has 5 aromatic carbocycles. The van der Waals surface area contributed by atoms with Crippen LogP contribution in [0, 0.1) is 5.92 Å². The van der Waals surface area contributed by atoms with Gasteiger partial charge in [-0.2, -0.15) is 0 Å². The summed E-state index contributed by atoms with van der Waals surface area (Å²) in [6.45, 7) is 2.24. The van der Waals surface area contributed by atoms with Crippen LogP contribution in [-0.4, -0.2) is 6.21 Å². The van der Waals surface area contributed by atoms with E-state index in [0.29, 0.717) is 5.92 Å². The summed E-state index contributed by atoms with van der Waals surface area (Å²) in [6, 6.07) is 31.6. The number of nitrogens with zero attached hydrogens (tertiary/aromatic N) is 1. The van der Waals surface area contributed by atoms with E-state index in [9.17, 15) is 0 Å². The van der Waals surface area contributed by atoms with Crippen molar-refractivity contribution in [3.8, 4) is 11.1 Å². The van der Waals surface area contributed by atoms with Gasteiger partial charge >= 0.3 is 0 Å². The Bertz CT molecular complexity index is 1900. The first-order valence-electron chi connectivity index (χ1n) is 14.7. The van der Waals surface area contributed by atoms with Crippen molar-refractivity contribution in [3.63, 3.8) is 0 Å². The van der Waals surface area contributed by atoms with Crippen LogP contribution < -0.4 is 0 Å². The van der Waals surface area contributed by atoms with E-state index in [0.717, 1.165) is 12.8 Å². The van der Waals surface area contributed by atoms with Crippen LogP contribution in [0.5, 0.6) is 0 Å². The fraction of sp³-hybridized carbons (Fsp3) is 0.125. The summed E-state index contributed by atoms with van der Waals surface area (Å²) >= 11 is 0. The Morgan fingerprint density at radius 3 is 2.02 bits per heavy atom. The molecule has 5 aromatic rings. The number of aliphatic imine (C=N–C) groups is 1. The van der Waals surface area contributed by atoms with Gasteiger partial charge in [-0.3, -0.25) is 4.99 Å². The number of benzene rings is 5. The smallest absolute Gasteiger partial charge is 0.0789 e. The van der Waals surface area contributed by atoms with Gasteiger partial charge in [0, 0.05) is 6.21 Å². The monoisotopic (exact) mass is 527 g/mol. The second-order valence-corrected chi connectivity index (χ2v) is 11.0. The van der Waals surface area contributed by atoms with Crippen LogP contribution in [0.4, 0.5) is 0 Å². The normalized spacial score (nSPS) is 21.6. The summed E-state index contributed by atoms with van der Waals surface area (Å²) in [5.41, 5.74) is 6.46. The van der Waals surface area contributed by atoms with Gasteiger partial charge in [0.2, 0.25) is 0 Å². The maximum Gasteiger partial charge on any atom is 0.0789 e. The minimum Gasteiger partial charge on any atom is -0.285 e. The van der Waals surface area contributed by atoms with E-state index in [1.165, 1.54) is 60.1 Å². The zero-order valence-electron chi connectivity index (χ0n) is 23.4. The number of hydrogen-bond donors (Lipinski definition) is 0. The predicted molar refractivity (Wildman–Crippen MR) is 179 cm³/mol. The van der Waals surface area contributed by atoms with E-state index in [1.54, 1.807) is 0 Å². The highest BCUT2D eigenvalue weighted by Gasteiger charge is 2.20. The Balaban J connectivity index is 1.52. The number of fused-ring (bicyclic) bond motifs is 3. The molecule has 0 N–H and O–H groups in total. The van der Waals surface area contributed by atoms with Gasteiger partial charge in [-0.15, -0.1) is 0 Å². The van der Waals surface area contributed by atoms with Gasteiger partial charge in [-0.05, 0) is 85.0 Å². The number of hydrogen-bond acceptors (Lipinski definition) is 1. The third kappa shape index (κ3) is 4.68. The van der Waals surface area contributed by atoms with Gasteiger partial charge in [0.05, 0.1) is 6.04 Å². The van der Waals surface area contributed by atoms with Crippen molar-refractivity contribution in [3.05, 3.63) is 151 Å². The van der Waals surface area contributed by atoms with Gasteiger partial charge in [-0.1, -0.05) is 140 Å². The lowest BCUT2D eigenvalue weighted by molar-refractivity contribution is 0.747. The van der Waals surface area contributed by atoms with Gasteiger partial charge in [0.15, 0.2) is 0 Å². The molecule has 0 fully saturated rings. The molecular weight excluding hydrogens is 494 g/mol. The van der Waals surface area contributed by atoms with Crippen LogP contribution in [0.25, 0.3) is 49.0 Å². The van der Waals surface area contributed by atoms with E-state index in [1.807, 2.05) is 12.3 Å². The second-order valence-electron chi connectivity index (χ2n) is 11.0. The number of allylic oxidation sites excluding steroid dienone is 9. The quantitative estimate of drug-likeness (QED) is 0.207. The summed E-state index contributed by atoms with van der Waals surface area (Å²) in [5, 5.41) is 7.71. The zero-order chi connectivity index (χ0) is 27.6. The molecule has 0 bridgehead atoms. The van der Waals surface area contributed by atoms with Crippen molar-refractivity contribution in [2.45, 2.75) is 25.8 Å². The number of dihydropyridines is 1. The van der Waals surface area contributed by atoms with E-state index in [-0.39, 0.29) is 6.04 Å². The minimum absolute atomic E-state index is 0.160.